The smallest absolute Gasteiger partial charge is 0.241 e. The molecule has 0 saturated carbocycles. The van der Waals surface area contributed by atoms with E-state index in [-0.39, 0.29) is 15.2 Å². The lowest BCUT2D eigenvalue weighted by molar-refractivity contribution is -0.117. The van der Waals surface area contributed by atoms with Gasteiger partial charge in [-0.05, 0) is 47.1 Å². The Morgan fingerprint density at radius 3 is 2.33 bits per heavy atom. The molecule has 0 aliphatic rings. The van der Waals surface area contributed by atoms with E-state index in [4.69, 9.17) is 5.73 Å². The molecule has 1 amide bonds. The zero-order valence-electron chi connectivity index (χ0n) is 10.1. The lowest BCUT2D eigenvalue weighted by Crippen LogP contribution is -2.36. The van der Waals surface area contributed by atoms with Crippen molar-refractivity contribution in [2.24, 2.45) is 11.7 Å². The van der Waals surface area contributed by atoms with E-state index in [1.54, 1.807) is 22.6 Å². The van der Waals surface area contributed by atoms with Gasteiger partial charge in [-0.25, -0.2) is 8.78 Å². The average Bonchev–Trinajstić information content (AvgIpc) is 2.24. The van der Waals surface area contributed by atoms with Crippen LogP contribution in [0.25, 0.3) is 0 Å². The van der Waals surface area contributed by atoms with Crippen molar-refractivity contribution in [3.05, 3.63) is 27.3 Å². The predicted molar refractivity (Wildman–Crippen MR) is 75.1 cm³/mol. The van der Waals surface area contributed by atoms with Crippen LogP contribution in [0.3, 0.4) is 0 Å². The number of halogens is 3. The predicted octanol–water partition coefficient (Wildman–Crippen LogP) is 2.88. The van der Waals surface area contributed by atoms with Crippen molar-refractivity contribution in [3.8, 4) is 0 Å². The van der Waals surface area contributed by atoms with Crippen molar-refractivity contribution < 1.29 is 13.6 Å². The van der Waals surface area contributed by atoms with Crippen molar-refractivity contribution >= 4 is 34.2 Å². The summed E-state index contributed by atoms with van der Waals surface area (Å²) in [4.78, 5) is 11.7. The van der Waals surface area contributed by atoms with Gasteiger partial charge in [-0.3, -0.25) is 4.79 Å². The summed E-state index contributed by atoms with van der Waals surface area (Å²) in [7, 11) is 0. The molecule has 0 aliphatic carbocycles. The SMILES string of the molecule is CC(C)C[C@H](N)C(=O)Nc1cc(F)c(I)c(F)c1. The summed E-state index contributed by atoms with van der Waals surface area (Å²) in [6, 6.07) is 1.46. The molecule has 1 aromatic carbocycles. The normalized spacial score (nSPS) is 12.6. The van der Waals surface area contributed by atoms with E-state index in [1.165, 1.54) is 0 Å². The lowest BCUT2D eigenvalue weighted by Gasteiger charge is -2.14. The Labute approximate surface area is 118 Å². The van der Waals surface area contributed by atoms with Crippen LogP contribution in [0.2, 0.25) is 0 Å². The van der Waals surface area contributed by atoms with Crippen LogP contribution in [0.4, 0.5) is 14.5 Å². The van der Waals surface area contributed by atoms with Gasteiger partial charge in [0, 0.05) is 5.69 Å². The molecule has 1 aromatic rings. The van der Waals surface area contributed by atoms with E-state index >= 15 is 0 Å². The molecule has 0 fully saturated rings. The number of nitrogens with two attached hydrogens (primary N) is 1. The van der Waals surface area contributed by atoms with E-state index in [1.807, 2.05) is 13.8 Å². The number of rotatable bonds is 4. The molecule has 0 radical (unpaired) electrons. The third-order valence-electron chi connectivity index (χ3n) is 2.31. The first-order valence-electron chi connectivity index (χ1n) is 5.52. The highest BCUT2D eigenvalue weighted by Gasteiger charge is 2.16. The van der Waals surface area contributed by atoms with Gasteiger partial charge in [0.2, 0.25) is 5.91 Å². The fourth-order valence-electron chi connectivity index (χ4n) is 1.48. The highest BCUT2D eigenvalue weighted by Crippen LogP contribution is 2.20. The quantitative estimate of drug-likeness (QED) is 0.635. The summed E-state index contributed by atoms with van der Waals surface area (Å²) in [6.07, 6.45) is 0.515. The van der Waals surface area contributed by atoms with E-state index in [9.17, 15) is 13.6 Å². The minimum absolute atomic E-state index is 0.0784. The largest absolute Gasteiger partial charge is 0.325 e. The number of amides is 1. The Balaban J connectivity index is 2.76. The third-order valence-corrected chi connectivity index (χ3v) is 3.34. The number of benzene rings is 1. The number of hydrogen-bond acceptors (Lipinski definition) is 2. The average molecular weight is 368 g/mol. The maximum atomic E-state index is 13.3. The van der Waals surface area contributed by atoms with Gasteiger partial charge in [0.25, 0.3) is 0 Å². The Morgan fingerprint density at radius 2 is 1.89 bits per heavy atom. The summed E-state index contributed by atoms with van der Waals surface area (Å²) in [5.74, 6) is -1.58. The fourth-order valence-corrected chi connectivity index (χ4v) is 1.79. The van der Waals surface area contributed by atoms with Crippen LogP contribution >= 0.6 is 22.6 Å². The summed E-state index contributed by atoms with van der Waals surface area (Å²) < 4.78 is 26.4. The third kappa shape index (κ3) is 4.16. The van der Waals surface area contributed by atoms with E-state index < -0.39 is 23.6 Å². The van der Waals surface area contributed by atoms with Crippen LogP contribution in [-0.2, 0) is 4.79 Å². The van der Waals surface area contributed by atoms with Gasteiger partial charge in [-0.2, -0.15) is 0 Å². The molecule has 0 aromatic heterocycles. The maximum Gasteiger partial charge on any atom is 0.241 e. The molecule has 3 nitrogen and oxygen atoms in total. The minimum atomic E-state index is -0.705. The summed E-state index contributed by atoms with van der Waals surface area (Å²) in [6.45, 7) is 3.88. The minimum Gasteiger partial charge on any atom is -0.325 e. The zero-order valence-corrected chi connectivity index (χ0v) is 12.3. The Morgan fingerprint density at radius 1 is 1.39 bits per heavy atom. The molecule has 18 heavy (non-hydrogen) atoms. The highest BCUT2D eigenvalue weighted by molar-refractivity contribution is 14.1. The monoisotopic (exact) mass is 368 g/mol. The number of carbonyl (C=O) groups is 1. The van der Waals surface area contributed by atoms with E-state index in [2.05, 4.69) is 5.32 Å². The second-order valence-corrected chi connectivity index (χ2v) is 5.56. The van der Waals surface area contributed by atoms with Crippen LogP contribution in [-0.4, -0.2) is 11.9 Å². The van der Waals surface area contributed by atoms with Crippen molar-refractivity contribution in [1.29, 1.82) is 0 Å². The van der Waals surface area contributed by atoms with Gasteiger partial charge in [0.05, 0.1) is 9.61 Å². The molecule has 0 saturated heterocycles. The van der Waals surface area contributed by atoms with Crippen molar-refractivity contribution in [2.75, 3.05) is 5.32 Å². The van der Waals surface area contributed by atoms with Crippen LogP contribution < -0.4 is 11.1 Å². The molecule has 6 heteroatoms. The number of nitrogens with one attached hydrogen (secondary N) is 1. The molecule has 1 rings (SSSR count). The standard InChI is InChI=1S/C12H15F2IN2O/c1-6(2)3-10(16)12(18)17-7-4-8(13)11(15)9(14)5-7/h4-6,10H,3,16H2,1-2H3,(H,17,18)/t10-/m0/s1. The van der Waals surface area contributed by atoms with Gasteiger partial charge in [0.15, 0.2) is 0 Å². The van der Waals surface area contributed by atoms with Crippen molar-refractivity contribution in [3.63, 3.8) is 0 Å². The molecule has 100 valence electrons. The second-order valence-electron chi connectivity index (χ2n) is 4.48. The van der Waals surface area contributed by atoms with Crippen LogP contribution in [0.5, 0.6) is 0 Å². The molecule has 1 atom stereocenters. The lowest BCUT2D eigenvalue weighted by atomic mass is 10.0. The first-order chi connectivity index (χ1) is 8.31. The number of hydrogen-bond donors (Lipinski definition) is 2. The fraction of sp³-hybridized carbons (Fsp3) is 0.417. The van der Waals surface area contributed by atoms with Gasteiger partial charge in [-0.1, -0.05) is 13.8 Å². The first-order valence-corrected chi connectivity index (χ1v) is 6.60. The second kappa shape index (κ2) is 6.42. The molecule has 0 heterocycles. The van der Waals surface area contributed by atoms with Gasteiger partial charge in [-0.15, -0.1) is 0 Å². The zero-order chi connectivity index (χ0) is 13.9. The molecule has 0 bridgehead atoms. The molecule has 0 spiro atoms. The topological polar surface area (TPSA) is 55.1 Å². The molecule has 3 N–H and O–H groups in total. The Hall–Kier alpha value is -0.760. The highest BCUT2D eigenvalue weighted by atomic mass is 127. The van der Waals surface area contributed by atoms with Crippen LogP contribution in [0, 0.1) is 21.1 Å². The number of carbonyl (C=O) groups excluding carboxylic acids is 1. The molecule has 0 aliphatic heterocycles. The van der Waals surface area contributed by atoms with Crippen molar-refractivity contribution in [2.45, 2.75) is 26.3 Å². The van der Waals surface area contributed by atoms with Crippen LogP contribution in [0.15, 0.2) is 12.1 Å². The van der Waals surface area contributed by atoms with Gasteiger partial charge in [0.1, 0.15) is 11.6 Å². The molecular formula is C12H15F2IN2O. The van der Waals surface area contributed by atoms with E-state index in [0.717, 1.165) is 12.1 Å². The summed E-state index contributed by atoms with van der Waals surface area (Å²) in [5, 5.41) is 2.41. The first kappa shape index (κ1) is 15.3. The van der Waals surface area contributed by atoms with Gasteiger partial charge < -0.3 is 11.1 Å². The summed E-state index contributed by atoms with van der Waals surface area (Å²) in [5.41, 5.74) is 5.75. The maximum absolute atomic E-state index is 13.3. The number of anilines is 1. The van der Waals surface area contributed by atoms with Gasteiger partial charge >= 0.3 is 0 Å². The van der Waals surface area contributed by atoms with Crippen molar-refractivity contribution in [1.82, 2.24) is 0 Å². The molecule has 0 unspecified atom stereocenters. The Bertz CT molecular complexity index is 429. The van der Waals surface area contributed by atoms with Crippen LogP contribution in [0.1, 0.15) is 20.3 Å². The summed E-state index contributed by atoms with van der Waals surface area (Å²) >= 11 is 1.56. The van der Waals surface area contributed by atoms with E-state index in [0.29, 0.717) is 6.42 Å². The molecular weight excluding hydrogens is 353 g/mol. The Kier molecular flexibility index (Phi) is 5.46.